The summed E-state index contributed by atoms with van der Waals surface area (Å²) in [5.41, 5.74) is 0.000493. The maximum absolute atomic E-state index is 11.6. The quantitative estimate of drug-likeness (QED) is 0.597. The van der Waals surface area contributed by atoms with Crippen molar-refractivity contribution >= 4 is 23.6 Å². The third-order valence-corrected chi connectivity index (χ3v) is 3.97. The second-order valence-corrected chi connectivity index (χ2v) is 9.68. The standard InChI is InChI=1S/C17H34N2O3S/c1-16(2,3)13-15(21)19-9-11-22-10-8-18-14(20)7-12-23-17(4,5)6/h7-13H2,1-6H3,(H,18,20)(H,19,21). The Bertz CT molecular complexity index is 360. The molecule has 0 unspecified atom stereocenters. The van der Waals surface area contributed by atoms with Gasteiger partial charge in [0.25, 0.3) is 0 Å². The molecule has 0 aromatic rings. The maximum Gasteiger partial charge on any atom is 0.220 e. The van der Waals surface area contributed by atoms with Crippen LogP contribution in [0, 0.1) is 5.41 Å². The van der Waals surface area contributed by atoms with Crippen LogP contribution in [-0.2, 0) is 14.3 Å². The maximum atomic E-state index is 11.6. The second kappa shape index (κ2) is 10.9. The monoisotopic (exact) mass is 346 g/mol. The molecule has 0 bridgehead atoms. The average Bonchev–Trinajstić information content (AvgIpc) is 2.33. The number of ether oxygens (including phenoxy) is 1. The van der Waals surface area contributed by atoms with Crippen molar-refractivity contribution in [2.75, 3.05) is 32.1 Å². The number of hydrogen-bond donors (Lipinski definition) is 2. The number of carbonyl (C=O) groups is 2. The molecule has 0 aliphatic carbocycles. The van der Waals surface area contributed by atoms with E-state index in [1.807, 2.05) is 20.8 Å². The number of hydrogen-bond acceptors (Lipinski definition) is 4. The predicted octanol–water partition coefficient (Wildman–Crippen LogP) is 2.59. The van der Waals surface area contributed by atoms with Crippen molar-refractivity contribution in [1.29, 1.82) is 0 Å². The van der Waals surface area contributed by atoms with Crippen LogP contribution in [0.2, 0.25) is 0 Å². The molecule has 6 heteroatoms. The Kier molecular flexibility index (Phi) is 10.6. The van der Waals surface area contributed by atoms with E-state index < -0.39 is 0 Å². The fourth-order valence-corrected chi connectivity index (χ4v) is 2.61. The lowest BCUT2D eigenvalue weighted by Gasteiger charge is -2.17. The fraction of sp³-hybridized carbons (Fsp3) is 0.882. The molecule has 0 rings (SSSR count). The van der Waals surface area contributed by atoms with Crippen molar-refractivity contribution < 1.29 is 14.3 Å². The van der Waals surface area contributed by atoms with Crippen molar-refractivity contribution in [3.63, 3.8) is 0 Å². The van der Waals surface area contributed by atoms with Crippen LogP contribution < -0.4 is 10.6 Å². The summed E-state index contributed by atoms with van der Waals surface area (Å²) < 4.78 is 5.58. The van der Waals surface area contributed by atoms with Crippen molar-refractivity contribution in [3.05, 3.63) is 0 Å². The van der Waals surface area contributed by atoms with Gasteiger partial charge in [-0.3, -0.25) is 9.59 Å². The van der Waals surface area contributed by atoms with E-state index in [1.54, 1.807) is 11.8 Å². The van der Waals surface area contributed by atoms with E-state index in [2.05, 4.69) is 31.4 Å². The van der Waals surface area contributed by atoms with Crippen LogP contribution in [0.4, 0.5) is 0 Å². The van der Waals surface area contributed by atoms with Gasteiger partial charge in [-0.2, -0.15) is 11.8 Å². The minimum Gasteiger partial charge on any atom is -0.378 e. The van der Waals surface area contributed by atoms with E-state index in [9.17, 15) is 9.59 Å². The highest BCUT2D eigenvalue weighted by Crippen LogP contribution is 2.23. The summed E-state index contributed by atoms with van der Waals surface area (Å²) in [5, 5.41) is 5.66. The first-order valence-corrected chi connectivity index (χ1v) is 9.23. The highest BCUT2D eigenvalue weighted by Gasteiger charge is 2.15. The zero-order valence-electron chi connectivity index (χ0n) is 15.6. The van der Waals surface area contributed by atoms with Gasteiger partial charge in [-0.05, 0) is 5.41 Å². The van der Waals surface area contributed by atoms with Crippen LogP contribution in [-0.4, -0.2) is 48.6 Å². The molecule has 0 aliphatic heterocycles. The van der Waals surface area contributed by atoms with Crippen molar-refractivity contribution in [2.45, 2.75) is 59.1 Å². The number of carbonyl (C=O) groups excluding carboxylic acids is 2. The first-order chi connectivity index (χ1) is 10.5. The van der Waals surface area contributed by atoms with Crippen LogP contribution in [0.5, 0.6) is 0 Å². The molecule has 0 spiro atoms. The Morgan fingerprint density at radius 2 is 1.43 bits per heavy atom. The molecule has 0 aliphatic rings. The van der Waals surface area contributed by atoms with E-state index in [1.165, 1.54) is 0 Å². The minimum absolute atomic E-state index is 0.000493. The molecule has 0 radical (unpaired) electrons. The number of rotatable bonds is 10. The van der Waals surface area contributed by atoms with Crippen LogP contribution in [0.25, 0.3) is 0 Å². The lowest BCUT2D eigenvalue weighted by molar-refractivity contribution is -0.123. The van der Waals surface area contributed by atoms with Crippen LogP contribution in [0.1, 0.15) is 54.4 Å². The summed E-state index contributed by atoms with van der Waals surface area (Å²) in [5.74, 6) is 0.935. The minimum atomic E-state index is 0.000493. The lowest BCUT2D eigenvalue weighted by atomic mass is 9.92. The van der Waals surface area contributed by atoms with Crippen LogP contribution in [0.3, 0.4) is 0 Å². The smallest absolute Gasteiger partial charge is 0.220 e. The SMILES string of the molecule is CC(C)(C)CC(=O)NCCOCCNC(=O)CCSC(C)(C)C. The second-order valence-electron chi connectivity index (χ2n) is 7.76. The lowest BCUT2D eigenvalue weighted by Crippen LogP contribution is -2.32. The molecule has 0 saturated heterocycles. The van der Waals surface area contributed by atoms with Gasteiger partial charge in [-0.1, -0.05) is 41.5 Å². The molecule has 2 amide bonds. The summed E-state index contributed by atoms with van der Waals surface area (Å²) in [7, 11) is 0. The van der Waals surface area contributed by atoms with Crippen LogP contribution in [0.15, 0.2) is 0 Å². The van der Waals surface area contributed by atoms with Crippen LogP contribution >= 0.6 is 11.8 Å². The third kappa shape index (κ3) is 17.4. The summed E-state index contributed by atoms with van der Waals surface area (Å²) >= 11 is 1.79. The Hall–Kier alpha value is -0.750. The number of amides is 2. The summed E-state index contributed by atoms with van der Waals surface area (Å²) in [6.45, 7) is 14.5. The largest absolute Gasteiger partial charge is 0.378 e. The van der Waals surface area contributed by atoms with Gasteiger partial charge < -0.3 is 15.4 Å². The van der Waals surface area contributed by atoms with Gasteiger partial charge in [-0.15, -0.1) is 0 Å². The molecule has 0 aromatic carbocycles. The topological polar surface area (TPSA) is 67.4 Å². The van der Waals surface area contributed by atoms with Crippen molar-refractivity contribution in [2.24, 2.45) is 5.41 Å². The fourth-order valence-electron chi connectivity index (χ4n) is 1.71. The number of thioether (sulfide) groups is 1. The highest BCUT2D eigenvalue weighted by molar-refractivity contribution is 8.00. The summed E-state index contributed by atoms with van der Waals surface area (Å²) in [4.78, 5) is 23.2. The van der Waals surface area contributed by atoms with E-state index in [0.29, 0.717) is 39.1 Å². The van der Waals surface area contributed by atoms with Gasteiger partial charge in [0.2, 0.25) is 11.8 Å². The van der Waals surface area contributed by atoms with Gasteiger partial charge in [0.15, 0.2) is 0 Å². The zero-order valence-corrected chi connectivity index (χ0v) is 16.4. The van der Waals surface area contributed by atoms with E-state index >= 15 is 0 Å². The van der Waals surface area contributed by atoms with E-state index in [-0.39, 0.29) is 22.0 Å². The molecule has 0 atom stereocenters. The first kappa shape index (κ1) is 22.2. The first-order valence-electron chi connectivity index (χ1n) is 8.25. The highest BCUT2D eigenvalue weighted by atomic mass is 32.2. The molecule has 23 heavy (non-hydrogen) atoms. The molecule has 136 valence electrons. The molecule has 0 aromatic heterocycles. The van der Waals surface area contributed by atoms with Gasteiger partial charge in [0.05, 0.1) is 13.2 Å². The number of nitrogens with one attached hydrogen (secondary N) is 2. The summed E-state index contributed by atoms with van der Waals surface area (Å²) in [6, 6.07) is 0. The van der Waals surface area contributed by atoms with Gasteiger partial charge in [-0.25, -0.2) is 0 Å². The van der Waals surface area contributed by atoms with E-state index in [0.717, 1.165) is 5.75 Å². The van der Waals surface area contributed by atoms with Crippen molar-refractivity contribution in [1.82, 2.24) is 10.6 Å². The Morgan fingerprint density at radius 3 is 1.91 bits per heavy atom. The average molecular weight is 347 g/mol. The molecule has 5 nitrogen and oxygen atoms in total. The molecular weight excluding hydrogens is 312 g/mol. The van der Waals surface area contributed by atoms with Gasteiger partial charge in [0, 0.05) is 36.4 Å². The van der Waals surface area contributed by atoms with Gasteiger partial charge >= 0.3 is 0 Å². The predicted molar refractivity (Wildman–Crippen MR) is 97.7 cm³/mol. The molecule has 0 heterocycles. The Labute approximate surface area is 145 Å². The van der Waals surface area contributed by atoms with E-state index in [4.69, 9.17) is 4.74 Å². The normalized spacial score (nSPS) is 12.1. The Morgan fingerprint density at radius 1 is 0.913 bits per heavy atom. The molecule has 0 saturated carbocycles. The summed E-state index contributed by atoms with van der Waals surface area (Å²) in [6.07, 6.45) is 1.04. The molecule has 2 N–H and O–H groups in total. The van der Waals surface area contributed by atoms with Gasteiger partial charge in [0.1, 0.15) is 0 Å². The van der Waals surface area contributed by atoms with Crippen molar-refractivity contribution in [3.8, 4) is 0 Å². The zero-order chi connectivity index (χ0) is 17.9. The Balaban J connectivity index is 3.46. The molecule has 0 fully saturated rings. The molecular formula is C17H34N2O3S. The third-order valence-electron chi connectivity index (χ3n) is 2.69.